The highest BCUT2D eigenvalue weighted by molar-refractivity contribution is 5.92. The van der Waals surface area contributed by atoms with Gasteiger partial charge in [0.05, 0.1) is 6.04 Å². The van der Waals surface area contributed by atoms with Gasteiger partial charge in [0.25, 0.3) is 5.91 Å². The van der Waals surface area contributed by atoms with E-state index in [1.807, 2.05) is 21.8 Å². The molecule has 2 fully saturated rings. The van der Waals surface area contributed by atoms with Crippen LogP contribution in [0.3, 0.4) is 0 Å². The van der Waals surface area contributed by atoms with Crippen molar-refractivity contribution in [2.75, 3.05) is 19.6 Å². The number of nitrogens with zero attached hydrogens (tertiary/aromatic N) is 3. The Kier molecular flexibility index (Phi) is 5.05. The van der Waals surface area contributed by atoms with Crippen LogP contribution in [-0.4, -0.2) is 46.3 Å². The SMILES string of the molecule is C[C@@H]1CN(C(=O)c2ccn(C3CCCC3)n2)CCN1.Cl. The third-order valence-electron chi connectivity index (χ3n) is 4.18. The summed E-state index contributed by atoms with van der Waals surface area (Å²) in [6.07, 6.45) is 6.92. The van der Waals surface area contributed by atoms with E-state index in [4.69, 9.17) is 0 Å². The third-order valence-corrected chi connectivity index (χ3v) is 4.18. The van der Waals surface area contributed by atoms with Gasteiger partial charge in [0.15, 0.2) is 0 Å². The molecule has 5 nitrogen and oxygen atoms in total. The zero-order chi connectivity index (χ0) is 13.2. The highest BCUT2D eigenvalue weighted by Crippen LogP contribution is 2.28. The Morgan fingerprint density at radius 1 is 1.40 bits per heavy atom. The number of nitrogens with one attached hydrogen (secondary N) is 1. The van der Waals surface area contributed by atoms with Crippen LogP contribution in [-0.2, 0) is 0 Å². The summed E-state index contributed by atoms with van der Waals surface area (Å²) < 4.78 is 1.99. The van der Waals surface area contributed by atoms with Crippen molar-refractivity contribution in [1.29, 1.82) is 0 Å². The molecule has 2 heterocycles. The largest absolute Gasteiger partial charge is 0.334 e. The molecular formula is C14H23ClN4O. The Morgan fingerprint density at radius 2 is 2.15 bits per heavy atom. The van der Waals surface area contributed by atoms with Crippen molar-refractivity contribution in [3.8, 4) is 0 Å². The second kappa shape index (κ2) is 6.59. The lowest BCUT2D eigenvalue weighted by Gasteiger charge is -2.31. The molecule has 1 aromatic heterocycles. The van der Waals surface area contributed by atoms with Crippen molar-refractivity contribution in [3.63, 3.8) is 0 Å². The van der Waals surface area contributed by atoms with E-state index < -0.39 is 0 Å². The fourth-order valence-electron chi connectivity index (χ4n) is 3.10. The number of carbonyl (C=O) groups is 1. The van der Waals surface area contributed by atoms with Crippen LogP contribution in [0.4, 0.5) is 0 Å². The molecule has 0 radical (unpaired) electrons. The number of amides is 1. The average Bonchev–Trinajstić information content (AvgIpc) is 3.08. The second-order valence-electron chi connectivity index (χ2n) is 5.73. The molecule has 112 valence electrons. The van der Waals surface area contributed by atoms with Gasteiger partial charge in [-0.3, -0.25) is 9.48 Å². The van der Waals surface area contributed by atoms with E-state index in [1.165, 1.54) is 25.7 Å². The summed E-state index contributed by atoms with van der Waals surface area (Å²) in [6, 6.07) is 2.74. The first-order valence-corrected chi connectivity index (χ1v) is 7.32. The maximum atomic E-state index is 12.4. The summed E-state index contributed by atoms with van der Waals surface area (Å²) in [5.74, 6) is 0.0742. The van der Waals surface area contributed by atoms with E-state index in [0.717, 1.165) is 19.6 Å². The quantitative estimate of drug-likeness (QED) is 0.906. The molecule has 1 aromatic rings. The van der Waals surface area contributed by atoms with Crippen LogP contribution in [0, 0.1) is 0 Å². The Bertz CT molecular complexity index is 456. The first-order chi connectivity index (χ1) is 9.24. The van der Waals surface area contributed by atoms with E-state index >= 15 is 0 Å². The summed E-state index contributed by atoms with van der Waals surface area (Å²) in [7, 11) is 0. The summed E-state index contributed by atoms with van der Waals surface area (Å²) in [4.78, 5) is 14.3. The van der Waals surface area contributed by atoms with E-state index in [-0.39, 0.29) is 18.3 Å². The lowest BCUT2D eigenvalue weighted by Crippen LogP contribution is -2.51. The topological polar surface area (TPSA) is 50.2 Å². The van der Waals surface area contributed by atoms with Gasteiger partial charge in [-0.15, -0.1) is 12.4 Å². The highest BCUT2D eigenvalue weighted by atomic mass is 35.5. The van der Waals surface area contributed by atoms with Crippen LogP contribution < -0.4 is 5.32 Å². The summed E-state index contributed by atoms with van der Waals surface area (Å²) in [5.41, 5.74) is 0.598. The minimum absolute atomic E-state index is 0. The van der Waals surface area contributed by atoms with E-state index in [1.54, 1.807) is 0 Å². The van der Waals surface area contributed by atoms with Crippen LogP contribution in [0.5, 0.6) is 0 Å². The van der Waals surface area contributed by atoms with Gasteiger partial charge in [0.2, 0.25) is 0 Å². The van der Waals surface area contributed by atoms with Gasteiger partial charge >= 0.3 is 0 Å². The maximum absolute atomic E-state index is 12.4. The lowest BCUT2D eigenvalue weighted by molar-refractivity contribution is 0.0702. The number of aromatic nitrogens is 2. The van der Waals surface area contributed by atoms with E-state index in [0.29, 0.717) is 17.8 Å². The first-order valence-electron chi connectivity index (χ1n) is 7.32. The first kappa shape index (κ1) is 15.3. The van der Waals surface area contributed by atoms with E-state index in [2.05, 4.69) is 17.3 Å². The molecule has 1 aliphatic carbocycles. The number of piperazine rings is 1. The van der Waals surface area contributed by atoms with Crippen molar-refractivity contribution >= 4 is 18.3 Å². The number of carbonyl (C=O) groups excluding carboxylic acids is 1. The molecule has 1 N–H and O–H groups in total. The molecule has 1 atom stereocenters. The maximum Gasteiger partial charge on any atom is 0.274 e. The monoisotopic (exact) mass is 298 g/mol. The van der Waals surface area contributed by atoms with Gasteiger partial charge in [-0.1, -0.05) is 12.8 Å². The average molecular weight is 299 g/mol. The van der Waals surface area contributed by atoms with Gasteiger partial charge in [0.1, 0.15) is 5.69 Å². The molecular weight excluding hydrogens is 276 g/mol. The molecule has 6 heteroatoms. The standard InChI is InChI=1S/C14H22N4O.ClH/c1-11-10-17(9-7-15-11)14(19)13-6-8-18(16-13)12-4-2-3-5-12;/h6,8,11-12,15H,2-5,7,9-10H2,1H3;1H/t11-;/m1./s1. The Labute approximate surface area is 126 Å². The van der Waals surface area contributed by atoms with Crippen LogP contribution in [0.1, 0.15) is 49.1 Å². The third kappa shape index (κ3) is 3.15. The Morgan fingerprint density at radius 3 is 2.85 bits per heavy atom. The normalized spacial score (nSPS) is 23.6. The van der Waals surface area contributed by atoms with Crippen molar-refractivity contribution in [3.05, 3.63) is 18.0 Å². The van der Waals surface area contributed by atoms with Crippen molar-refractivity contribution in [2.24, 2.45) is 0 Å². The number of hydrogen-bond donors (Lipinski definition) is 1. The molecule has 0 unspecified atom stereocenters. The molecule has 0 aromatic carbocycles. The minimum Gasteiger partial charge on any atom is -0.334 e. The molecule has 2 aliphatic rings. The predicted octanol–water partition coefficient (Wildman–Crippen LogP) is 1.85. The zero-order valence-corrected chi connectivity index (χ0v) is 12.7. The van der Waals surface area contributed by atoms with Gasteiger partial charge in [-0.25, -0.2) is 0 Å². The smallest absolute Gasteiger partial charge is 0.274 e. The Hall–Kier alpha value is -1.07. The minimum atomic E-state index is 0. The summed E-state index contributed by atoms with van der Waals surface area (Å²) in [6.45, 7) is 4.53. The van der Waals surface area contributed by atoms with Crippen LogP contribution in [0.15, 0.2) is 12.3 Å². The molecule has 1 aliphatic heterocycles. The van der Waals surface area contributed by atoms with Crippen LogP contribution in [0.25, 0.3) is 0 Å². The molecule has 1 saturated carbocycles. The van der Waals surface area contributed by atoms with Gasteiger partial charge in [-0.2, -0.15) is 5.10 Å². The molecule has 1 saturated heterocycles. The molecule has 0 spiro atoms. The van der Waals surface area contributed by atoms with Crippen LogP contribution in [0.2, 0.25) is 0 Å². The van der Waals surface area contributed by atoms with Gasteiger partial charge in [0, 0.05) is 31.9 Å². The number of hydrogen-bond acceptors (Lipinski definition) is 3. The fraction of sp³-hybridized carbons (Fsp3) is 0.714. The molecule has 20 heavy (non-hydrogen) atoms. The highest BCUT2D eigenvalue weighted by Gasteiger charge is 2.24. The van der Waals surface area contributed by atoms with Gasteiger partial charge in [-0.05, 0) is 25.8 Å². The van der Waals surface area contributed by atoms with Crippen molar-refractivity contribution < 1.29 is 4.79 Å². The van der Waals surface area contributed by atoms with E-state index in [9.17, 15) is 4.79 Å². The molecule has 0 bridgehead atoms. The predicted molar refractivity (Wildman–Crippen MR) is 80.3 cm³/mol. The number of rotatable bonds is 2. The van der Waals surface area contributed by atoms with Crippen molar-refractivity contribution in [2.45, 2.75) is 44.7 Å². The number of halogens is 1. The zero-order valence-electron chi connectivity index (χ0n) is 11.9. The van der Waals surface area contributed by atoms with Crippen LogP contribution >= 0.6 is 12.4 Å². The summed E-state index contributed by atoms with van der Waals surface area (Å²) in [5, 5.41) is 7.85. The molecule has 3 rings (SSSR count). The lowest BCUT2D eigenvalue weighted by atomic mass is 10.2. The van der Waals surface area contributed by atoms with Gasteiger partial charge < -0.3 is 10.2 Å². The second-order valence-corrected chi connectivity index (χ2v) is 5.73. The fourth-order valence-corrected chi connectivity index (χ4v) is 3.10. The van der Waals surface area contributed by atoms with Crippen molar-refractivity contribution in [1.82, 2.24) is 20.0 Å². The summed E-state index contributed by atoms with van der Waals surface area (Å²) >= 11 is 0. The Balaban J connectivity index is 0.00000147. The molecule has 1 amide bonds.